The highest BCUT2D eigenvalue weighted by molar-refractivity contribution is 9.10. The highest BCUT2D eigenvalue weighted by Gasteiger charge is 2.16. The van der Waals surface area contributed by atoms with Gasteiger partial charge in [0.2, 0.25) is 0 Å². The van der Waals surface area contributed by atoms with E-state index in [0.717, 1.165) is 5.56 Å². The van der Waals surface area contributed by atoms with Crippen molar-refractivity contribution in [2.24, 2.45) is 0 Å². The summed E-state index contributed by atoms with van der Waals surface area (Å²) in [6.07, 6.45) is 2.04. The van der Waals surface area contributed by atoms with Gasteiger partial charge in [0.1, 0.15) is 0 Å². The molecule has 21 heavy (non-hydrogen) atoms. The molecule has 0 aromatic heterocycles. The molecule has 0 unspecified atom stereocenters. The summed E-state index contributed by atoms with van der Waals surface area (Å²) in [7, 11) is 1.79. The number of hydrogen-bond donors (Lipinski definition) is 1. The molecule has 3 nitrogen and oxygen atoms in total. The molecule has 0 aliphatic carbocycles. The second-order valence-corrected chi connectivity index (χ2v) is 6.39. The summed E-state index contributed by atoms with van der Waals surface area (Å²) in [4.78, 5) is 15.4. The van der Waals surface area contributed by atoms with Crippen LogP contribution in [0.3, 0.4) is 0 Å². The van der Waals surface area contributed by atoms with Gasteiger partial charge in [-0.3, -0.25) is 4.79 Å². The van der Waals surface area contributed by atoms with E-state index < -0.39 is 0 Å². The Bertz CT molecular complexity index is 643. The van der Waals surface area contributed by atoms with E-state index in [1.807, 2.05) is 18.4 Å². The first-order valence-electron chi connectivity index (χ1n) is 6.45. The third-order valence-corrected chi connectivity index (χ3v) is 4.81. The summed E-state index contributed by atoms with van der Waals surface area (Å²) < 4.78 is 0.652. The molecule has 0 bridgehead atoms. The Balaban J connectivity index is 2.13. The Morgan fingerprint density at radius 3 is 2.52 bits per heavy atom. The summed E-state index contributed by atoms with van der Waals surface area (Å²) in [5.41, 5.74) is 8.07. The van der Waals surface area contributed by atoms with E-state index in [1.165, 1.54) is 4.90 Å². The zero-order valence-electron chi connectivity index (χ0n) is 12.0. The van der Waals surface area contributed by atoms with Gasteiger partial charge in [-0.1, -0.05) is 18.2 Å². The molecule has 0 fully saturated rings. The van der Waals surface area contributed by atoms with Crippen molar-refractivity contribution in [2.75, 3.05) is 19.0 Å². The van der Waals surface area contributed by atoms with Crippen molar-refractivity contribution in [2.45, 2.75) is 11.4 Å². The van der Waals surface area contributed by atoms with Crippen LogP contribution in [0, 0.1) is 0 Å². The van der Waals surface area contributed by atoms with Crippen LogP contribution in [0.2, 0.25) is 0 Å². The number of hydrogen-bond acceptors (Lipinski definition) is 3. The average molecular weight is 365 g/mol. The van der Waals surface area contributed by atoms with Crippen LogP contribution in [0.4, 0.5) is 5.69 Å². The average Bonchev–Trinajstić information content (AvgIpc) is 2.50. The third kappa shape index (κ3) is 3.80. The van der Waals surface area contributed by atoms with Crippen molar-refractivity contribution in [1.82, 2.24) is 4.90 Å². The minimum absolute atomic E-state index is 0.0527. The quantitative estimate of drug-likeness (QED) is 0.658. The van der Waals surface area contributed by atoms with E-state index in [2.05, 4.69) is 28.1 Å². The lowest BCUT2D eigenvalue weighted by molar-refractivity contribution is 0.0784. The molecule has 2 aromatic carbocycles. The topological polar surface area (TPSA) is 46.3 Å². The lowest BCUT2D eigenvalue weighted by Crippen LogP contribution is -2.26. The maximum absolute atomic E-state index is 12.5. The minimum atomic E-state index is -0.0527. The number of nitrogens with two attached hydrogens (primary N) is 1. The second-order valence-electron chi connectivity index (χ2n) is 4.72. The van der Waals surface area contributed by atoms with Gasteiger partial charge in [0.05, 0.1) is 10.0 Å². The van der Waals surface area contributed by atoms with E-state index in [9.17, 15) is 4.79 Å². The predicted octanol–water partition coefficient (Wildman–Crippen LogP) is 4.03. The van der Waals surface area contributed by atoms with Crippen LogP contribution < -0.4 is 5.73 Å². The number of nitrogen functional groups attached to an aromatic ring is 1. The van der Waals surface area contributed by atoms with E-state index in [-0.39, 0.29) is 5.91 Å². The van der Waals surface area contributed by atoms with Gasteiger partial charge in [-0.05, 0) is 52.0 Å². The van der Waals surface area contributed by atoms with Crippen molar-refractivity contribution < 1.29 is 4.79 Å². The molecule has 1 amide bonds. The van der Waals surface area contributed by atoms with Crippen LogP contribution in [0.15, 0.2) is 51.8 Å². The highest BCUT2D eigenvalue weighted by atomic mass is 79.9. The summed E-state index contributed by atoms with van der Waals surface area (Å²) >= 11 is 5.08. The standard InChI is InChI=1S/C16H17BrN2OS/c1-19(10-11-6-8-12(21-2)9-7-11)16(20)13-4-3-5-14(18)15(13)17/h3-9H,10,18H2,1-2H3. The van der Waals surface area contributed by atoms with Gasteiger partial charge >= 0.3 is 0 Å². The van der Waals surface area contributed by atoms with Crippen molar-refractivity contribution in [3.63, 3.8) is 0 Å². The van der Waals surface area contributed by atoms with Gasteiger partial charge in [-0.2, -0.15) is 0 Å². The van der Waals surface area contributed by atoms with Crippen LogP contribution in [-0.2, 0) is 6.54 Å². The van der Waals surface area contributed by atoms with Gasteiger partial charge in [0.25, 0.3) is 5.91 Å². The lowest BCUT2D eigenvalue weighted by Gasteiger charge is -2.18. The van der Waals surface area contributed by atoms with Gasteiger partial charge in [0.15, 0.2) is 0 Å². The van der Waals surface area contributed by atoms with E-state index >= 15 is 0 Å². The molecule has 0 atom stereocenters. The Hall–Kier alpha value is -1.46. The van der Waals surface area contributed by atoms with Gasteiger partial charge in [-0.15, -0.1) is 11.8 Å². The van der Waals surface area contributed by atoms with Crippen LogP contribution in [0.25, 0.3) is 0 Å². The second kappa shape index (κ2) is 7.00. The Kier molecular flexibility index (Phi) is 5.31. The normalized spacial score (nSPS) is 10.4. The molecule has 2 aromatic rings. The van der Waals surface area contributed by atoms with Crippen molar-refractivity contribution in [3.8, 4) is 0 Å². The third-order valence-electron chi connectivity index (χ3n) is 3.18. The van der Waals surface area contributed by atoms with Crippen molar-refractivity contribution in [1.29, 1.82) is 0 Å². The van der Waals surface area contributed by atoms with Crippen LogP contribution in [-0.4, -0.2) is 24.1 Å². The van der Waals surface area contributed by atoms with Gasteiger partial charge < -0.3 is 10.6 Å². The smallest absolute Gasteiger partial charge is 0.255 e. The number of carbonyl (C=O) groups is 1. The van der Waals surface area contributed by atoms with E-state index in [1.54, 1.807) is 41.9 Å². The first kappa shape index (κ1) is 15.9. The molecular formula is C16H17BrN2OS. The summed E-state index contributed by atoms with van der Waals surface area (Å²) in [6, 6.07) is 13.5. The maximum Gasteiger partial charge on any atom is 0.255 e. The zero-order chi connectivity index (χ0) is 15.4. The fourth-order valence-electron chi connectivity index (χ4n) is 2.00. The van der Waals surface area contributed by atoms with Crippen LogP contribution in [0.1, 0.15) is 15.9 Å². The zero-order valence-corrected chi connectivity index (χ0v) is 14.4. The largest absolute Gasteiger partial charge is 0.398 e. The number of halogens is 1. The number of amides is 1. The molecule has 5 heteroatoms. The fourth-order valence-corrected chi connectivity index (χ4v) is 2.84. The summed E-state index contributed by atoms with van der Waals surface area (Å²) in [5.74, 6) is -0.0527. The van der Waals surface area contributed by atoms with Gasteiger partial charge in [0, 0.05) is 24.2 Å². The number of rotatable bonds is 4. The minimum Gasteiger partial charge on any atom is -0.398 e. The molecule has 0 saturated carbocycles. The number of carbonyl (C=O) groups excluding carboxylic acids is 1. The first-order chi connectivity index (χ1) is 10.0. The monoisotopic (exact) mass is 364 g/mol. The molecular weight excluding hydrogens is 348 g/mol. The van der Waals surface area contributed by atoms with Crippen molar-refractivity contribution >= 4 is 39.3 Å². The molecule has 0 heterocycles. The van der Waals surface area contributed by atoms with Crippen LogP contribution >= 0.6 is 27.7 Å². The predicted molar refractivity (Wildman–Crippen MR) is 92.6 cm³/mol. The molecule has 2 N–H and O–H groups in total. The molecule has 0 saturated heterocycles. The lowest BCUT2D eigenvalue weighted by atomic mass is 10.1. The van der Waals surface area contributed by atoms with E-state index in [0.29, 0.717) is 22.3 Å². The highest BCUT2D eigenvalue weighted by Crippen LogP contribution is 2.25. The Labute approximate surface area is 137 Å². The Morgan fingerprint density at radius 2 is 1.90 bits per heavy atom. The number of thioether (sulfide) groups is 1. The molecule has 0 aliphatic heterocycles. The first-order valence-corrected chi connectivity index (χ1v) is 8.47. The SMILES string of the molecule is CSc1ccc(CN(C)C(=O)c2cccc(N)c2Br)cc1. The molecule has 0 spiro atoms. The maximum atomic E-state index is 12.5. The fraction of sp³-hybridized carbons (Fsp3) is 0.188. The molecule has 2 rings (SSSR count). The summed E-state index contributed by atoms with van der Waals surface area (Å²) in [5, 5.41) is 0. The van der Waals surface area contributed by atoms with Crippen LogP contribution in [0.5, 0.6) is 0 Å². The molecule has 0 aliphatic rings. The molecule has 110 valence electrons. The molecule has 0 radical (unpaired) electrons. The number of benzene rings is 2. The van der Waals surface area contributed by atoms with Gasteiger partial charge in [-0.25, -0.2) is 0 Å². The number of nitrogens with zero attached hydrogens (tertiary/aromatic N) is 1. The van der Waals surface area contributed by atoms with E-state index in [4.69, 9.17) is 5.73 Å². The number of anilines is 1. The van der Waals surface area contributed by atoms with Crippen molar-refractivity contribution in [3.05, 3.63) is 58.1 Å². The summed E-state index contributed by atoms with van der Waals surface area (Å²) in [6.45, 7) is 0.564. The Morgan fingerprint density at radius 1 is 1.24 bits per heavy atom.